The molecule has 0 fully saturated rings. The lowest BCUT2D eigenvalue weighted by molar-refractivity contribution is 0.263. The van der Waals surface area contributed by atoms with E-state index >= 15 is 0 Å². The molecule has 0 aliphatic heterocycles. The molecule has 84 valence electrons. The van der Waals surface area contributed by atoms with E-state index in [2.05, 4.69) is 11.9 Å². The molecule has 0 unspecified atom stereocenters. The van der Waals surface area contributed by atoms with E-state index in [9.17, 15) is 0 Å². The zero-order valence-electron chi connectivity index (χ0n) is 9.17. The van der Waals surface area contributed by atoms with E-state index in [4.69, 9.17) is 10.8 Å². The van der Waals surface area contributed by atoms with Crippen molar-refractivity contribution < 1.29 is 5.11 Å². The Hall–Kier alpha value is -1.81. The standard InChI is InChI=1S/C12H15N3O/c1-9(10-2-4-11(13)5-3-10)15-7-6-14-12(15)8-16/h2-7,9,16H,8,13H2,1H3/t9-/m1/s1. The highest BCUT2D eigenvalue weighted by molar-refractivity contribution is 5.40. The van der Waals surface area contributed by atoms with Gasteiger partial charge in [0.15, 0.2) is 0 Å². The lowest BCUT2D eigenvalue weighted by atomic mass is 10.1. The first-order valence-electron chi connectivity index (χ1n) is 5.20. The molecule has 1 aromatic heterocycles. The second kappa shape index (κ2) is 4.37. The first-order chi connectivity index (χ1) is 7.72. The van der Waals surface area contributed by atoms with Gasteiger partial charge in [0.05, 0.1) is 6.04 Å². The number of nitrogen functional groups attached to an aromatic ring is 1. The Morgan fingerprint density at radius 1 is 1.38 bits per heavy atom. The van der Waals surface area contributed by atoms with Gasteiger partial charge in [0.1, 0.15) is 12.4 Å². The largest absolute Gasteiger partial charge is 0.399 e. The van der Waals surface area contributed by atoms with Gasteiger partial charge < -0.3 is 15.4 Å². The number of hydrogen-bond donors (Lipinski definition) is 2. The van der Waals surface area contributed by atoms with Crippen molar-refractivity contribution >= 4 is 5.69 Å². The molecule has 0 spiro atoms. The molecule has 1 heterocycles. The minimum Gasteiger partial charge on any atom is -0.399 e. The van der Waals surface area contributed by atoms with Crippen molar-refractivity contribution in [1.82, 2.24) is 9.55 Å². The van der Waals surface area contributed by atoms with Crippen LogP contribution in [-0.4, -0.2) is 14.7 Å². The Kier molecular flexibility index (Phi) is 2.92. The number of anilines is 1. The maximum atomic E-state index is 9.14. The number of aliphatic hydroxyl groups is 1. The molecule has 0 saturated carbocycles. The number of aliphatic hydroxyl groups excluding tert-OH is 1. The maximum absolute atomic E-state index is 9.14. The molecule has 0 saturated heterocycles. The number of nitrogens with zero attached hydrogens (tertiary/aromatic N) is 2. The predicted molar refractivity (Wildman–Crippen MR) is 62.8 cm³/mol. The van der Waals surface area contributed by atoms with Gasteiger partial charge in [0.25, 0.3) is 0 Å². The average molecular weight is 217 g/mol. The van der Waals surface area contributed by atoms with Crippen LogP contribution in [0.1, 0.15) is 24.4 Å². The highest BCUT2D eigenvalue weighted by Crippen LogP contribution is 2.20. The number of aromatic nitrogens is 2. The van der Waals surface area contributed by atoms with Crippen LogP contribution in [0.2, 0.25) is 0 Å². The Morgan fingerprint density at radius 3 is 2.69 bits per heavy atom. The van der Waals surface area contributed by atoms with Crippen LogP contribution in [-0.2, 0) is 6.61 Å². The summed E-state index contributed by atoms with van der Waals surface area (Å²) in [5, 5.41) is 9.14. The van der Waals surface area contributed by atoms with Gasteiger partial charge in [-0.1, -0.05) is 12.1 Å². The van der Waals surface area contributed by atoms with Crippen LogP contribution in [0.3, 0.4) is 0 Å². The molecular formula is C12H15N3O. The minimum atomic E-state index is -0.0493. The fraction of sp³-hybridized carbons (Fsp3) is 0.250. The second-order valence-electron chi connectivity index (χ2n) is 3.75. The Morgan fingerprint density at radius 2 is 2.06 bits per heavy atom. The molecule has 16 heavy (non-hydrogen) atoms. The molecule has 4 heteroatoms. The van der Waals surface area contributed by atoms with E-state index in [1.54, 1.807) is 6.20 Å². The van der Waals surface area contributed by atoms with Crippen molar-refractivity contribution in [3.05, 3.63) is 48.0 Å². The third-order valence-electron chi connectivity index (χ3n) is 2.73. The molecule has 0 aliphatic carbocycles. The highest BCUT2D eigenvalue weighted by atomic mass is 16.3. The van der Waals surface area contributed by atoms with Crippen molar-refractivity contribution in [3.63, 3.8) is 0 Å². The first kappa shape index (κ1) is 10.7. The van der Waals surface area contributed by atoms with E-state index in [-0.39, 0.29) is 12.6 Å². The van der Waals surface area contributed by atoms with Crippen LogP contribution in [0, 0.1) is 0 Å². The maximum Gasteiger partial charge on any atom is 0.135 e. The molecular weight excluding hydrogens is 202 g/mol. The number of nitrogens with two attached hydrogens (primary N) is 1. The normalized spacial score (nSPS) is 12.6. The van der Waals surface area contributed by atoms with Gasteiger partial charge in [-0.25, -0.2) is 4.98 Å². The molecule has 2 aromatic rings. The Balaban J connectivity index is 2.31. The molecule has 2 rings (SSSR count). The molecule has 0 amide bonds. The fourth-order valence-corrected chi connectivity index (χ4v) is 1.75. The summed E-state index contributed by atoms with van der Waals surface area (Å²) in [6.07, 6.45) is 3.56. The summed E-state index contributed by atoms with van der Waals surface area (Å²) >= 11 is 0. The van der Waals surface area contributed by atoms with E-state index in [1.165, 1.54) is 0 Å². The van der Waals surface area contributed by atoms with Crippen LogP contribution in [0.25, 0.3) is 0 Å². The highest BCUT2D eigenvalue weighted by Gasteiger charge is 2.10. The summed E-state index contributed by atoms with van der Waals surface area (Å²) in [4.78, 5) is 4.09. The quantitative estimate of drug-likeness (QED) is 0.767. The minimum absolute atomic E-state index is 0.0493. The van der Waals surface area contributed by atoms with Gasteiger partial charge in [0.2, 0.25) is 0 Å². The topological polar surface area (TPSA) is 64.1 Å². The molecule has 1 atom stereocenters. The zero-order valence-corrected chi connectivity index (χ0v) is 9.17. The number of benzene rings is 1. The summed E-state index contributed by atoms with van der Waals surface area (Å²) in [6, 6.07) is 7.87. The smallest absolute Gasteiger partial charge is 0.135 e. The van der Waals surface area contributed by atoms with E-state index in [0.29, 0.717) is 5.82 Å². The summed E-state index contributed by atoms with van der Waals surface area (Å²) < 4.78 is 1.95. The van der Waals surface area contributed by atoms with Crippen molar-refractivity contribution in [2.24, 2.45) is 0 Å². The summed E-state index contributed by atoms with van der Waals surface area (Å²) in [7, 11) is 0. The van der Waals surface area contributed by atoms with Crippen LogP contribution in [0.5, 0.6) is 0 Å². The van der Waals surface area contributed by atoms with E-state index in [1.807, 2.05) is 35.0 Å². The van der Waals surface area contributed by atoms with Crippen LogP contribution < -0.4 is 5.73 Å². The van der Waals surface area contributed by atoms with Gasteiger partial charge in [-0.05, 0) is 24.6 Å². The van der Waals surface area contributed by atoms with E-state index < -0.39 is 0 Å². The van der Waals surface area contributed by atoms with Crippen LogP contribution in [0.15, 0.2) is 36.7 Å². The van der Waals surface area contributed by atoms with Gasteiger partial charge in [-0.2, -0.15) is 0 Å². The fourth-order valence-electron chi connectivity index (χ4n) is 1.75. The Bertz CT molecular complexity index is 461. The molecule has 3 N–H and O–H groups in total. The van der Waals surface area contributed by atoms with Crippen molar-refractivity contribution in [3.8, 4) is 0 Å². The monoisotopic (exact) mass is 217 g/mol. The molecule has 0 radical (unpaired) electrons. The third-order valence-corrected chi connectivity index (χ3v) is 2.73. The molecule has 1 aromatic carbocycles. The summed E-state index contributed by atoms with van der Waals surface area (Å²) in [6.45, 7) is 2.01. The Labute approximate surface area is 94.4 Å². The van der Waals surface area contributed by atoms with Gasteiger partial charge in [0, 0.05) is 18.1 Å². The van der Waals surface area contributed by atoms with E-state index in [0.717, 1.165) is 11.3 Å². The molecule has 4 nitrogen and oxygen atoms in total. The molecule has 0 bridgehead atoms. The third kappa shape index (κ3) is 1.92. The van der Waals surface area contributed by atoms with Gasteiger partial charge in [-0.3, -0.25) is 0 Å². The van der Waals surface area contributed by atoms with Gasteiger partial charge in [-0.15, -0.1) is 0 Å². The summed E-state index contributed by atoms with van der Waals surface area (Å²) in [5.41, 5.74) is 7.54. The van der Waals surface area contributed by atoms with Crippen molar-refractivity contribution in [2.75, 3.05) is 5.73 Å². The first-order valence-corrected chi connectivity index (χ1v) is 5.20. The average Bonchev–Trinajstić information content (AvgIpc) is 2.77. The lowest BCUT2D eigenvalue weighted by Crippen LogP contribution is -2.09. The number of rotatable bonds is 3. The molecule has 0 aliphatic rings. The summed E-state index contributed by atoms with van der Waals surface area (Å²) in [5.74, 6) is 0.671. The van der Waals surface area contributed by atoms with Crippen molar-refractivity contribution in [2.45, 2.75) is 19.6 Å². The van der Waals surface area contributed by atoms with Crippen LogP contribution in [0.4, 0.5) is 5.69 Å². The van der Waals surface area contributed by atoms with Crippen molar-refractivity contribution in [1.29, 1.82) is 0 Å². The van der Waals surface area contributed by atoms with Crippen LogP contribution >= 0.6 is 0 Å². The lowest BCUT2D eigenvalue weighted by Gasteiger charge is -2.16. The second-order valence-corrected chi connectivity index (χ2v) is 3.75. The van der Waals surface area contributed by atoms with Gasteiger partial charge >= 0.3 is 0 Å². The number of imidazole rings is 1. The predicted octanol–water partition coefficient (Wildman–Crippen LogP) is 1.57. The zero-order chi connectivity index (χ0) is 11.5. The SMILES string of the molecule is C[C@H](c1ccc(N)cc1)n1ccnc1CO. The number of hydrogen-bond acceptors (Lipinski definition) is 3.